The van der Waals surface area contributed by atoms with Gasteiger partial charge in [-0.25, -0.2) is 0 Å². The summed E-state index contributed by atoms with van der Waals surface area (Å²) in [6.45, 7) is -0.332. The van der Waals surface area contributed by atoms with Crippen molar-refractivity contribution in [2.24, 2.45) is 0 Å². The summed E-state index contributed by atoms with van der Waals surface area (Å²) in [5, 5.41) is 1.67. The predicted molar refractivity (Wildman–Crippen MR) is 61.1 cm³/mol. The lowest BCUT2D eigenvalue weighted by atomic mass is 10.1. The van der Waals surface area contributed by atoms with Crippen molar-refractivity contribution in [3.8, 4) is 5.75 Å². The molecule has 1 amide bonds. The molecule has 0 aromatic heterocycles. The van der Waals surface area contributed by atoms with Gasteiger partial charge in [0, 0.05) is 0 Å². The molecular weight excluding hydrogens is 263 g/mol. The van der Waals surface area contributed by atoms with Gasteiger partial charge in [0.2, 0.25) is 0 Å². The number of amides is 1. The number of ether oxygens (including phenoxy) is 1. The van der Waals surface area contributed by atoms with Crippen molar-refractivity contribution in [1.29, 1.82) is 0 Å². The fourth-order valence-corrected chi connectivity index (χ4v) is 1.35. The minimum Gasteiger partial charge on any atom is -0.483 e. The Morgan fingerprint density at radius 1 is 1.42 bits per heavy atom. The molecule has 0 unspecified atom stereocenters. The second-order valence-corrected chi connectivity index (χ2v) is 3.79. The van der Waals surface area contributed by atoms with E-state index in [4.69, 9.17) is 4.74 Å². The average Bonchev–Trinajstić information content (AvgIpc) is 2.33. The molecule has 0 aliphatic rings. The average molecular weight is 275 g/mol. The number of nitrogens with one attached hydrogen (secondary N) is 1. The third-order valence-electron chi connectivity index (χ3n) is 2.20. The number of benzene rings is 1. The number of aldehydes is 1. The van der Waals surface area contributed by atoms with Gasteiger partial charge in [-0.3, -0.25) is 9.59 Å². The van der Waals surface area contributed by atoms with Crippen LogP contribution in [0.2, 0.25) is 0 Å². The lowest BCUT2D eigenvalue weighted by Crippen LogP contribution is -2.36. The highest BCUT2D eigenvalue weighted by molar-refractivity contribution is 5.81. The van der Waals surface area contributed by atoms with Crippen LogP contribution in [-0.2, 0) is 4.79 Å². The van der Waals surface area contributed by atoms with Gasteiger partial charge >= 0.3 is 6.18 Å². The molecule has 7 heteroatoms. The summed E-state index contributed by atoms with van der Waals surface area (Å²) >= 11 is 0. The summed E-state index contributed by atoms with van der Waals surface area (Å²) in [6, 6.07) is 4.79. The second-order valence-electron chi connectivity index (χ2n) is 3.79. The lowest BCUT2D eigenvalue weighted by Gasteiger charge is -2.12. The van der Waals surface area contributed by atoms with Crippen LogP contribution in [-0.4, -0.2) is 31.5 Å². The number of hydrogen-bond acceptors (Lipinski definition) is 3. The maximum Gasteiger partial charge on any atom is 0.405 e. The van der Waals surface area contributed by atoms with E-state index >= 15 is 0 Å². The van der Waals surface area contributed by atoms with Gasteiger partial charge in [-0.15, -0.1) is 0 Å². The maximum atomic E-state index is 11.9. The summed E-state index contributed by atoms with van der Waals surface area (Å²) in [6.07, 6.45) is -3.91. The largest absolute Gasteiger partial charge is 0.483 e. The molecule has 1 aromatic rings. The molecule has 0 saturated carbocycles. The number of carbonyl (C=O) groups excluding carboxylic acids is 2. The first-order valence-corrected chi connectivity index (χ1v) is 5.34. The van der Waals surface area contributed by atoms with Gasteiger partial charge < -0.3 is 10.1 Å². The predicted octanol–water partition coefficient (Wildman–Crippen LogP) is 1.86. The molecule has 0 spiro atoms. The van der Waals surface area contributed by atoms with Gasteiger partial charge in [0.25, 0.3) is 5.91 Å². The highest BCUT2D eigenvalue weighted by Crippen LogP contribution is 2.21. The summed E-state index contributed by atoms with van der Waals surface area (Å²) < 4.78 is 40.7. The van der Waals surface area contributed by atoms with Gasteiger partial charge in [0.1, 0.15) is 12.3 Å². The highest BCUT2D eigenvalue weighted by atomic mass is 19.4. The standard InChI is InChI=1S/C12H12F3NO3/c1-8-3-2-4-9(5-17)11(8)19-6-10(18)16-7-12(13,14)15/h2-5H,6-7H2,1H3,(H,16,18). The van der Waals surface area contributed by atoms with Crippen LogP contribution in [0.1, 0.15) is 15.9 Å². The molecule has 4 nitrogen and oxygen atoms in total. The van der Waals surface area contributed by atoms with E-state index in [9.17, 15) is 22.8 Å². The maximum absolute atomic E-state index is 11.9. The first-order chi connectivity index (χ1) is 8.83. The molecule has 1 rings (SSSR count). The van der Waals surface area contributed by atoms with E-state index in [1.54, 1.807) is 24.4 Å². The van der Waals surface area contributed by atoms with Crippen LogP contribution < -0.4 is 10.1 Å². The number of alkyl halides is 3. The third-order valence-corrected chi connectivity index (χ3v) is 2.20. The van der Waals surface area contributed by atoms with E-state index in [1.807, 2.05) is 0 Å². The number of hydrogen-bond donors (Lipinski definition) is 1. The Hall–Kier alpha value is -2.05. The summed E-state index contributed by atoms with van der Waals surface area (Å²) in [5.74, 6) is -0.711. The van der Waals surface area contributed by atoms with Crippen LogP contribution in [0.25, 0.3) is 0 Å². The summed E-state index contributed by atoms with van der Waals surface area (Å²) in [7, 11) is 0. The van der Waals surface area contributed by atoms with Gasteiger partial charge in [-0.2, -0.15) is 13.2 Å². The summed E-state index contributed by atoms with van der Waals surface area (Å²) in [4.78, 5) is 21.9. The molecule has 0 radical (unpaired) electrons. The Balaban J connectivity index is 2.58. The van der Waals surface area contributed by atoms with Crippen molar-refractivity contribution in [2.45, 2.75) is 13.1 Å². The third kappa shape index (κ3) is 4.99. The Kier molecular flexibility index (Phi) is 4.91. The van der Waals surface area contributed by atoms with E-state index in [2.05, 4.69) is 0 Å². The zero-order valence-electron chi connectivity index (χ0n) is 10.1. The smallest absolute Gasteiger partial charge is 0.405 e. The minimum absolute atomic E-state index is 0.194. The van der Waals surface area contributed by atoms with Crippen molar-refractivity contribution < 1.29 is 27.5 Å². The van der Waals surface area contributed by atoms with E-state index in [0.717, 1.165) is 0 Å². The quantitative estimate of drug-likeness (QED) is 0.834. The van der Waals surface area contributed by atoms with Crippen molar-refractivity contribution in [3.63, 3.8) is 0 Å². The number of carbonyl (C=O) groups is 2. The number of aryl methyl sites for hydroxylation is 1. The van der Waals surface area contributed by atoms with E-state index in [-0.39, 0.29) is 11.3 Å². The molecule has 0 heterocycles. The van der Waals surface area contributed by atoms with Crippen LogP contribution in [0, 0.1) is 6.92 Å². The number of para-hydroxylation sites is 1. The Morgan fingerprint density at radius 2 is 2.11 bits per heavy atom. The Bertz CT molecular complexity index is 472. The molecule has 1 aromatic carbocycles. The zero-order chi connectivity index (χ0) is 14.5. The minimum atomic E-state index is -4.47. The first kappa shape index (κ1) is 15.0. The molecule has 0 bridgehead atoms. The van der Waals surface area contributed by atoms with E-state index < -0.39 is 25.2 Å². The molecule has 0 atom stereocenters. The monoisotopic (exact) mass is 275 g/mol. The molecule has 0 aliphatic heterocycles. The van der Waals surface area contributed by atoms with E-state index in [0.29, 0.717) is 11.8 Å². The van der Waals surface area contributed by atoms with Crippen molar-refractivity contribution in [3.05, 3.63) is 29.3 Å². The van der Waals surface area contributed by atoms with E-state index in [1.165, 1.54) is 6.07 Å². The zero-order valence-corrected chi connectivity index (χ0v) is 10.1. The Morgan fingerprint density at radius 3 is 2.68 bits per heavy atom. The van der Waals surface area contributed by atoms with Crippen LogP contribution in [0.4, 0.5) is 13.2 Å². The van der Waals surface area contributed by atoms with Crippen molar-refractivity contribution in [2.75, 3.05) is 13.2 Å². The molecule has 19 heavy (non-hydrogen) atoms. The molecule has 0 aliphatic carbocycles. The highest BCUT2D eigenvalue weighted by Gasteiger charge is 2.27. The second kappa shape index (κ2) is 6.21. The topological polar surface area (TPSA) is 55.4 Å². The number of halogens is 3. The van der Waals surface area contributed by atoms with Crippen LogP contribution in [0.15, 0.2) is 18.2 Å². The van der Waals surface area contributed by atoms with Gasteiger partial charge in [0.05, 0.1) is 5.56 Å². The lowest BCUT2D eigenvalue weighted by molar-refractivity contribution is -0.139. The van der Waals surface area contributed by atoms with Crippen LogP contribution in [0.5, 0.6) is 5.75 Å². The number of rotatable bonds is 5. The molecule has 0 fully saturated rings. The SMILES string of the molecule is Cc1cccc(C=O)c1OCC(=O)NCC(F)(F)F. The van der Waals surface area contributed by atoms with Gasteiger partial charge in [-0.1, -0.05) is 12.1 Å². The van der Waals surface area contributed by atoms with Crippen LogP contribution >= 0.6 is 0 Å². The Labute approximate surface area is 107 Å². The first-order valence-electron chi connectivity index (χ1n) is 5.34. The fraction of sp³-hybridized carbons (Fsp3) is 0.333. The fourth-order valence-electron chi connectivity index (χ4n) is 1.35. The van der Waals surface area contributed by atoms with Crippen molar-refractivity contribution >= 4 is 12.2 Å². The molecule has 104 valence electrons. The van der Waals surface area contributed by atoms with Crippen LogP contribution in [0.3, 0.4) is 0 Å². The van der Waals surface area contributed by atoms with Gasteiger partial charge in [0.15, 0.2) is 12.9 Å². The normalized spacial score (nSPS) is 10.9. The van der Waals surface area contributed by atoms with Crippen molar-refractivity contribution in [1.82, 2.24) is 5.32 Å². The molecule has 0 saturated heterocycles. The molecular formula is C12H12F3NO3. The van der Waals surface area contributed by atoms with Gasteiger partial charge in [-0.05, 0) is 18.6 Å². The molecule has 1 N–H and O–H groups in total. The summed E-state index contributed by atoms with van der Waals surface area (Å²) in [5.41, 5.74) is 0.858.